The molecule has 1 saturated carbocycles. The zero-order valence-electron chi connectivity index (χ0n) is 17.4. The first-order chi connectivity index (χ1) is 14.7. The lowest BCUT2D eigenvalue weighted by molar-refractivity contribution is -0.275. The number of ether oxygens (including phenoxy) is 1. The van der Waals surface area contributed by atoms with Crippen molar-refractivity contribution in [1.29, 1.82) is 0 Å². The van der Waals surface area contributed by atoms with Crippen LogP contribution in [0.2, 0.25) is 0 Å². The fourth-order valence-electron chi connectivity index (χ4n) is 4.47. The van der Waals surface area contributed by atoms with Gasteiger partial charge in [0.25, 0.3) is 0 Å². The molecule has 0 spiro atoms. The van der Waals surface area contributed by atoms with Crippen molar-refractivity contribution in [2.45, 2.75) is 70.3 Å². The van der Waals surface area contributed by atoms with Crippen molar-refractivity contribution in [3.63, 3.8) is 0 Å². The number of aliphatic hydroxyl groups excluding tert-OH is 1. The lowest BCUT2D eigenvalue weighted by Gasteiger charge is -2.29. The van der Waals surface area contributed by atoms with Gasteiger partial charge in [0.1, 0.15) is 5.82 Å². The van der Waals surface area contributed by atoms with Gasteiger partial charge in [0.2, 0.25) is 0 Å². The molecule has 0 heterocycles. The number of alkyl halides is 3. The minimum absolute atomic E-state index is 0.0828. The molecular weight excluding hydrogens is 415 g/mol. The van der Waals surface area contributed by atoms with Gasteiger partial charge in [-0.1, -0.05) is 38.0 Å². The van der Waals surface area contributed by atoms with E-state index in [1.54, 1.807) is 6.07 Å². The molecule has 0 aromatic heterocycles. The van der Waals surface area contributed by atoms with Crippen LogP contribution < -0.4 is 4.74 Å². The SMILES string of the molecule is CCCC1CCC(c2ccc(C(O)Cc3ccc(OC(F)(F)F)c(F)c3)c(F)c2)CC1. The second-order valence-electron chi connectivity index (χ2n) is 8.32. The fraction of sp³-hybridized carbons (Fsp3) is 0.500. The summed E-state index contributed by atoms with van der Waals surface area (Å²) in [6.07, 6.45) is 0.366. The highest BCUT2D eigenvalue weighted by Crippen LogP contribution is 2.38. The Labute approximate surface area is 179 Å². The number of rotatable bonds is 7. The molecule has 2 aromatic carbocycles. The number of aliphatic hydroxyl groups is 1. The highest BCUT2D eigenvalue weighted by molar-refractivity contribution is 5.33. The van der Waals surface area contributed by atoms with Gasteiger partial charge in [-0.05, 0) is 66.8 Å². The van der Waals surface area contributed by atoms with Gasteiger partial charge in [0.15, 0.2) is 11.6 Å². The molecule has 170 valence electrons. The highest BCUT2D eigenvalue weighted by atomic mass is 19.4. The highest BCUT2D eigenvalue weighted by Gasteiger charge is 2.32. The van der Waals surface area contributed by atoms with Crippen LogP contribution in [0.1, 0.15) is 74.2 Å². The van der Waals surface area contributed by atoms with E-state index in [2.05, 4.69) is 11.7 Å². The van der Waals surface area contributed by atoms with Crippen LogP contribution in [0, 0.1) is 17.6 Å². The Morgan fingerprint density at radius 2 is 1.71 bits per heavy atom. The van der Waals surface area contributed by atoms with Gasteiger partial charge < -0.3 is 9.84 Å². The first kappa shape index (κ1) is 23.5. The van der Waals surface area contributed by atoms with Crippen LogP contribution in [-0.2, 0) is 6.42 Å². The summed E-state index contributed by atoms with van der Waals surface area (Å²) in [6.45, 7) is 2.19. The number of hydrogen-bond acceptors (Lipinski definition) is 2. The Morgan fingerprint density at radius 1 is 1.00 bits per heavy atom. The summed E-state index contributed by atoms with van der Waals surface area (Å²) in [6, 6.07) is 7.75. The minimum Gasteiger partial charge on any atom is -0.403 e. The van der Waals surface area contributed by atoms with Crippen molar-refractivity contribution in [2.75, 3.05) is 0 Å². The summed E-state index contributed by atoms with van der Waals surface area (Å²) < 4.78 is 68.9. The molecule has 1 fully saturated rings. The van der Waals surface area contributed by atoms with Gasteiger partial charge in [0, 0.05) is 12.0 Å². The van der Waals surface area contributed by atoms with E-state index in [1.165, 1.54) is 25.0 Å². The second kappa shape index (κ2) is 9.98. The van der Waals surface area contributed by atoms with Crippen molar-refractivity contribution in [3.8, 4) is 5.75 Å². The molecule has 2 aromatic rings. The standard InChI is InChI=1S/C24H27F5O2/c1-2-3-15-4-7-17(8-5-15)18-9-10-19(20(25)14-18)22(30)13-16-6-11-23(21(26)12-16)31-24(27,28)29/h6,9-12,14-15,17,22,30H,2-5,7-8,13H2,1H3. The van der Waals surface area contributed by atoms with E-state index in [4.69, 9.17) is 0 Å². The smallest absolute Gasteiger partial charge is 0.403 e. The molecule has 7 heteroatoms. The normalized spacial score (nSPS) is 20.5. The molecule has 0 aliphatic heterocycles. The van der Waals surface area contributed by atoms with Gasteiger partial charge in [-0.2, -0.15) is 0 Å². The van der Waals surface area contributed by atoms with E-state index < -0.39 is 29.9 Å². The Balaban J connectivity index is 1.65. The maximum atomic E-state index is 14.7. The molecule has 1 unspecified atom stereocenters. The summed E-state index contributed by atoms with van der Waals surface area (Å²) in [5.74, 6) is -1.62. The minimum atomic E-state index is -5.00. The van der Waals surface area contributed by atoms with Crippen LogP contribution in [0.4, 0.5) is 22.0 Å². The van der Waals surface area contributed by atoms with Gasteiger partial charge >= 0.3 is 6.36 Å². The maximum Gasteiger partial charge on any atom is 0.573 e. The van der Waals surface area contributed by atoms with Crippen LogP contribution in [-0.4, -0.2) is 11.5 Å². The molecule has 0 radical (unpaired) electrons. The van der Waals surface area contributed by atoms with Crippen molar-refractivity contribution in [1.82, 2.24) is 0 Å². The first-order valence-electron chi connectivity index (χ1n) is 10.7. The van der Waals surface area contributed by atoms with Gasteiger partial charge in [-0.25, -0.2) is 8.78 Å². The lowest BCUT2D eigenvalue weighted by atomic mass is 9.77. The molecule has 2 nitrogen and oxygen atoms in total. The van der Waals surface area contributed by atoms with Crippen molar-refractivity contribution in [3.05, 3.63) is 64.7 Å². The first-order valence-corrected chi connectivity index (χ1v) is 10.7. The Hall–Kier alpha value is -2.15. The van der Waals surface area contributed by atoms with E-state index in [0.29, 0.717) is 5.92 Å². The zero-order chi connectivity index (χ0) is 22.6. The van der Waals surface area contributed by atoms with Crippen LogP contribution >= 0.6 is 0 Å². The van der Waals surface area contributed by atoms with Crippen molar-refractivity contribution in [2.24, 2.45) is 5.92 Å². The van der Waals surface area contributed by atoms with Gasteiger partial charge in [-0.3, -0.25) is 0 Å². The van der Waals surface area contributed by atoms with Gasteiger partial charge in [-0.15, -0.1) is 13.2 Å². The van der Waals surface area contributed by atoms with Crippen LogP contribution in [0.15, 0.2) is 36.4 Å². The molecule has 1 aliphatic carbocycles. The van der Waals surface area contributed by atoms with Crippen molar-refractivity contribution >= 4 is 0 Å². The maximum absolute atomic E-state index is 14.7. The van der Waals surface area contributed by atoms with E-state index >= 15 is 0 Å². The van der Waals surface area contributed by atoms with Crippen molar-refractivity contribution < 1.29 is 31.8 Å². The average molecular weight is 442 g/mol. The summed E-state index contributed by atoms with van der Waals surface area (Å²) in [5.41, 5.74) is 1.24. The molecule has 1 aliphatic rings. The van der Waals surface area contributed by atoms with Gasteiger partial charge in [0.05, 0.1) is 6.10 Å². The Kier molecular flexibility index (Phi) is 7.57. The molecule has 1 N–H and O–H groups in total. The second-order valence-corrected chi connectivity index (χ2v) is 8.32. The van der Waals surface area contributed by atoms with Crippen LogP contribution in [0.5, 0.6) is 5.75 Å². The summed E-state index contributed by atoms with van der Waals surface area (Å²) >= 11 is 0. The van der Waals surface area contributed by atoms with E-state index in [1.807, 2.05) is 6.07 Å². The molecule has 1 atom stereocenters. The Morgan fingerprint density at radius 3 is 2.29 bits per heavy atom. The quantitative estimate of drug-likeness (QED) is 0.459. The topological polar surface area (TPSA) is 29.5 Å². The van der Waals surface area contributed by atoms with E-state index in [9.17, 15) is 27.1 Å². The third-order valence-corrected chi connectivity index (χ3v) is 6.05. The summed E-state index contributed by atoms with van der Waals surface area (Å²) in [4.78, 5) is 0. The third-order valence-electron chi connectivity index (χ3n) is 6.05. The molecule has 0 bridgehead atoms. The molecule has 31 heavy (non-hydrogen) atoms. The predicted octanol–water partition coefficient (Wildman–Crippen LogP) is 7.21. The monoisotopic (exact) mass is 442 g/mol. The third kappa shape index (κ3) is 6.42. The number of benzene rings is 2. The summed E-state index contributed by atoms with van der Waals surface area (Å²) in [7, 11) is 0. The van der Waals surface area contributed by atoms with E-state index in [-0.39, 0.29) is 17.5 Å². The molecule has 0 amide bonds. The Bertz CT molecular complexity index is 873. The van der Waals surface area contributed by atoms with Crippen LogP contribution in [0.3, 0.4) is 0 Å². The largest absolute Gasteiger partial charge is 0.573 e. The average Bonchev–Trinajstić information content (AvgIpc) is 2.70. The predicted molar refractivity (Wildman–Crippen MR) is 108 cm³/mol. The molecular formula is C24H27F5O2. The zero-order valence-corrected chi connectivity index (χ0v) is 17.4. The fourth-order valence-corrected chi connectivity index (χ4v) is 4.47. The lowest BCUT2D eigenvalue weighted by Crippen LogP contribution is -2.18. The number of hydrogen-bond donors (Lipinski definition) is 1. The van der Waals surface area contributed by atoms with E-state index in [0.717, 1.165) is 49.3 Å². The molecule has 3 rings (SSSR count). The molecule has 0 saturated heterocycles. The number of halogens is 5. The summed E-state index contributed by atoms with van der Waals surface area (Å²) in [5, 5.41) is 10.4. The van der Waals surface area contributed by atoms with Crippen LogP contribution in [0.25, 0.3) is 0 Å².